The number of rotatable bonds is 6. The van der Waals surface area contributed by atoms with Crippen molar-refractivity contribution < 1.29 is 22.3 Å². The predicted octanol–water partition coefficient (Wildman–Crippen LogP) is 1.07. The number of hydrogen-bond acceptors (Lipinski definition) is 8. The van der Waals surface area contributed by atoms with E-state index in [0.717, 1.165) is 6.07 Å². The number of aliphatic imine (C=N–C) groups is 1. The summed E-state index contributed by atoms with van der Waals surface area (Å²) in [7, 11) is -2.50. The van der Waals surface area contributed by atoms with Crippen LogP contribution >= 0.6 is 0 Å². The molecule has 3 rings (SSSR count). The number of halogens is 1. The number of pyridine rings is 1. The number of carbonyl (C=O) groups excluding carboxylic acids is 1. The zero-order valence-electron chi connectivity index (χ0n) is 15.8. The van der Waals surface area contributed by atoms with Crippen molar-refractivity contribution in [2.45, 2.75) is 24.4 Å². The van der Waals surface area contributed by atoms with Crippen molar-refractivity contribution in [3.05, 3.63) is 54.1 Å². The van der Waals surface area contributed by atoms with Gasteiger partial charge in [0.2, 0.25) is 16.2 Å². The molecule has 1 aromatic heterocycles. The summed E-state index contributed by atoms with van der Waals surface area (Å²) in [5.41, 5.74) is 0.678. The topological polar surface area (TPSA) is 118 Å². The zero-order chi connectivity index (χ0) is 21.2. The molecule has 1 aromatic carbocycles. The molecular formula is C18H20FN5O4S. The Morgan fingerprint density at radius 1 is 1.31 bits per heavy atom. The number of aromatic nitrogens is 1. The van der Waals surface area contributed by atoms with Crippen LogP contribution in [-0.2, 0) is 26.0 Å². The Bertz CT molecular complexity index is 1050. The van der Waals surface area contributed by atoms with Gasteiger partial charge in [0.05, 0.1) is 17.2 Å². The number of primary sulfonamides is 1. The minimum Gasteiger partial charge on any atom is -0.463 e. The van der Waals surface area contributed by atoms with E-state index in [-0.39, 0.29) is 23.6 Å². The number of benzene rings is 1. The minimum absolute atomic E-state index is 0.0152. The van der Waals surface area contributed by atoms with Gasteiger partial charge < -0.3 is 4.74 Å². The molecule has 9 nitrogen and oxygen atoms in total. The average molecular weight is 421 g/mol. The number of amidine groups is 1. The van der Waals surface area contributed by atoms with Crippen LogP contribution in [0, 0.1) is 5.82 Å². The van der Waals surface area contributed by atoms with E-state index in [4.69, 9.17) is 9.88 Å². The fraction of sp³-hybridized carbons (Fsp3) is 0.278. The molecule has 154 valence electrons. The van der Waals surface area contributed by atoms with Crippen LogP contribution in [0.15, 0.2) is 52.5 Å². The maximum Gasteiger partial charge on any atom is 0.347 e. The SMILES string of the molecule is CCOC(=O)C1N=C(Cc2ccccn2)N(c2ccc(S(N)(=O)=O)cc2F)N1C. The maximum atomic E-state index is 14.8. The Hall–Kier alpha value is -2.89. The second-order valence-electron chi connectivity index (χ2n) is 6.21. The van der Waals surface area contributed by atoms with E-state index in [2.05, 4.69) is 9.98 Å². The second-order valence-corrected chi connectivity index (χ2v) is 7.77. The number of anilines is 1. The molecule has 1 atom stereocenters. The lowest BCUT2D eigenvalue weighted by molar-refractivity contribution is -0.148. The largest absolute Gasteiger partial charge is 0.463 e. The van der Waals surface area contributed by atoms with Gasteiger partial charge in [0.15, 0.2) is 0 Å². The number of hydrogen-bond donors (Lipinski definition) is 1. The summed E-state index contributed by atoms with van der Waals surface area (Å²) in [6.45, 7) is 1.85. The summed E-state index contributed by atoms with van der Waals surface area (Å²) in [5.74, 6) is -1.06. The van der Waals surface area contributed by atoms with E-state index < -0.39 is 28.0 Å². The minimum atomic E-state index is -4.06. The monoisotopic (exact) mass is 421 g/mol. The van der Waals surface area contributed by atoms with Crippen molar-refractivity contribution in [2.24, 2.45) is 10.1 Å². The number of ether oxygens (including phenoxy) is 1. The van der Waals surface area contributed by atoms with Crippen molar-refractivity contribution in [1.82, 2.24) is 9.99 Å². The number of carbonyl (C=O) groups is 1. The van der Waals surface area contributed by atoms with Crippen LogP contribution in [0.3, 0.4) is 0 Å². The normalized spacial score (nSPS) is 17.3. The number of hydrazine groups is 1. The first kappa shape index (κ1) is 20.8. The number of esters is 1. The van der Waals surface area contributed by atoms with Crippen molar-refractivity contribution in [1.29, 1.82) is 0 Å². The van der Waals surface area contributed by atoms with Gasteiger partial charge >= 0.3 is 5.97 Å². The third-order valence-corrected chi connectivity index (χ3v) is 5.13. The smallest absolute Gasteiger partial charge is 0.347 e. The molecule has 1 unspecified atom stereocenters. The Labute approximate surface area is 167 Å². The first-order valence-electron chi connectivity index (χ1n) is 8.70. The number of nitrogens with two attached hydrogens (primary N) is 1. The van der Waals surface area contributed by atoms with Crippen LogP contribution in [0.5, 0.6) is 0 Å². The van der Waals surface area contributed by atoms with Crippen LogP contribution in [0.4, 0.5) is 10.1 Å². The van der Waals surface area contributed by atoms with Crippen molar-refractivity contribution in [2.75, 3.05) is 18.7 Å². The molecule has 0 aliphatic carbocycles. The summed E-state index contributed by atoms with van der Waals surface area (Å²) in [6.07, 6.45) is 0.826. The molecular weight excluding hydrogens is 401 g/mol. The van der Waals surface area contributed by atoms with Gasteiger partial charge in [0.25, 0.3) is 0 Å². The number of sulfonamides is 1. The van der Waals surface area contributed by atoms with E-state index in [1.807, 2.05) is 0 Å². The lowest BCUT2D eigenvalue weighted by Crippen LogP contribution is -2.46. The van der Waals surface area contributed by atoms with E-state index in [1.54, 1.807) is 38.4 Å². The summed E-state index contributed by atoms with van der Waals surface area (Å²) in [5, 5.41) is 7.89. The molecule has 0 saturated heterocycles. The molecule has 1 aliphatic rings. The highest BCUT2D eigenvalue weighted by atomic mass is 32.2. The maximum absolute atomic E-state index is 14.8. The van der Waals surface area contributed by atoms with Gasteiger partial charge in [-0.2, -0.15) is 5.01 Å². The highest BCUT2D eigenvalue weighted by molar-refractivity contribution is 7.89. The average Bonchev–Trinajstić information content (AvgIpc) is 2.98. The summed E-state index contributed by atoms with van der Waals surface area (Å²) in [6, 6.07) is 8.63. The van der Waals surface area contributed by atoms with Crippen LogP contribution in [0.2, 0.25) is 0 Å². The van der Waals surface area contributed by atoms with Gasteiger partial charge in [-0.15, -0.1) is 0 Å². The lowest BCUT2D eigenvalue weighted by atomic mass is 10.2. The van der Waals surface area contributed by atoms with E-state index >= 15 is 0 Å². The van der Waals surface area contributed by atoms with Gasteiger partial charge in [-0.3, -0.25) is 9.99 Å². The molecule has 0 amide bonds. The van der Waals surface area contributed by atoms with Gasteiger partial charge in [-0.25, -0.2) is 27.7 Å². The molecule has 0 bridgehead atoms. The number of nitrogens with zero attached hydrogens (tertiary/aromatic N) is 4. The van der Waals surface area contributed by atoms with Crippen LogP contribution in [0.1, 0.15) is 12.6 Å². The van der Waals surface area contributed by atoms with Crippen molar-refractivity contribution >= 4 is 27.5 Å². The van der Waals surface area contributed by atoms with Crippen molar-refractivity contribution in [3.63, 3.8) is 0 Å². The summed E-state index contributed by atoms with van der Waals surface area (Å²) in [4.78, 5) is 20.6. The Kier molecular flexibility index (Phi) is 5.91. The third kappa shape index (κ3) is 4.42. The van der Waals surface area contributed by atoms with Crippen LogP contribution in [0.25, 0.3) is 0 Å². The van der Waals surface area contributed by atoms with E-state index in [0.29, 0.717) is 11.5 Å². The predicted molar refractivity (Wildman–Crippen MR) is 104 cm³/mol. The first-order valence-corrected chi connectivity index (χ1v) is 10.3. The van der Waals surface area contributed by atoms with Gasteiger partial charge in [-0.1, -0.05) is 6.07 Å². The number of likely N-dealkylation sites (N-methyl/N-ethyl adjacent to an activating group) is 1. The third-order valence-electron chi connectivity index (χ3n) is 4.22. The Balaban J connectivity index is 2.02. The van der Waals surface area contributed by atoms with E-state index in [9.17, 15) is 17.6 Å². The fourth-order valence-corrected chi connectivity index (χ4v) is 3.45. The first-order chi connectivity index (χ1) is 13.7. The molecule has 0 spiro atoms. The summed E-state index contributed by atoms with van der Waals surface area (Å²) >= 11 is 0. The van der Waals surface area contributed by atoms with Crippen molar-refractivity contribution in [3.8, 4) is 0 Å². The molecule has 2 N–H and O–H groups in total. The molecule has 0 saturated carbocycles. The Morgan fingerprint density at radius 2 is 2.07 bits per heavy atom. The van der Waals surface area contributed by atoms with E-state index in [1.165, 1.54) is 22.2 Å². The van der Waals surface area contributed by atoms with Crippen LogP contribution in [-0.4, -0.2) is 50.0 Å². The highest BCUT2D eigenvalue weighted by Gasteiger charge is 2.38. The molecule has 2 heterocycles. The highest BCUT2D eigenvalue weighted by Crippen LogP contribution is 2.29. The molecule has 1 aliphatic heterocycles. The van der Waals surface area contributed by atoms with Gasteiger partial charge in [0.1, 0.15) is 11.7 Å². The molecule has 2 aromatic rings. The van der Waals surface area contributed by atoms with Gasteiger partial charge in [0, 0.05) is 25.4 Å². The molecule has 11 heteroatoms. The quantitative estimate of drug-likeness (QED) is 0.693. The lowest BCUT2D eigenvalue weighted by Gasteiger charge is -2.30. The standard InChI is InChI=1S/C18H20FN5O4S/c1-3-28-18(25)17-22-16(10-12-6-4-5-9-21-12)24(23(17)2)15-8-7-13(11-14(15)19)29(20,26)27/h4-9,11,17H,3,10H2,1-2H3,(H2,20,26,27). The summed E-state index contributed by atoms with van der Waals surface area (Å²) < 4.78 is 42.9. The van der Waals surface area contributed by atoms with Gasteiger partial charge in [-0.05, 0) is 37.3 Å². The Morgan fingerprint density at radius 3 is 2.66 bits per heavy atom. The molecule has 0 radical (unpaired) electrons. The molecule has 0 fully saturated rings. The van der Waals surface area contributed by atoms with Crippen LogP contribution < -0.4 is 10.1 Å². The fourth-order valence-electron chi connectivity index (χ4n) is 2.92. The second kappa shape index (κ2) is 8.23. The molecule has 29 heavy (non-hydrogen) atoms. The zero-order valence-corrected chi connectivity index (χ0v) is 16.6.